The lowest BCUT2D eigenvalue weighted by Crippen LogP contribution is -2.01. The third kappa shape index (κ3) is 3.50. The molecule has 1 heterocycles. The van der Waals surface area contributed by atoms with Gasteiger partial charge in [-0.05, 0) is 50.1 Å². The number of nitrogens with zero attached hydrogens (tertiary/aromatic N) is 1. The normalized spacial score (nSPS) is 10.3. The summed E-state index contributed by atoms with van der Waals surface area (Å²) < 4.78 is 6.97. The van der Waals surface area contributed by atoms with Gasteiger partial charge in [-0.2, -0.15) is 0 Å². The molecule has 2 rings (SSSR count). The van der Waals surface area contributed by atoms with E-state index in [4.69, 9.17) is 4.74 Å². The van der Waals surface area contributed by atoms with Crippen molar-refractivity contribution >= 4 is 54.6 Å². The topological polar surface area (TPSA) is 64.4 Å². The molecule has 1 aromatic heterocycles. The number of anilines is 1. The lowest BCUT2D eigenvalue weighted by molar-refractivity contribution is -0.384. The molecule has 8 heteroatoms. The number of rotatable bonds is 5. The Kier molecular flexibility index (Phi) is 5.00. The number of benzene rings is 1. The maximum atomic E-state index is 11.1. The Bertz CT molecular complexity index is 626. The summed E-state index contributed by atoms with van der Waals surface area (Å²) in [6.07, 6.45) is 0. The van der Waals surface area contributed by atoms with E-state index >= 15 is 0 Å². The van der Waals surface area contributed by atoms with Crippen LogP contribution in [0.1, 0.15) is 4.88 Å². The van der Waals surface area contributed by atoms with Gasteiger partial charge in [0.1, 0.15) is 11.4 Å². The van der Waals surface area contributed by atoms with Crippen molar-refractivity contribution in [3.05, 3.63) is 47.5 Å². The van der Waals surface area contributed by atoms with Gasteiger partial charge in [-0.3, -0.25) is 10.1 Å². The summed E-state index contributed by atoms with van der Waals surface area (Å²) >= 11 is 8.40. The van der Waals surface area contributed by atoms with Crippen molar-refractivity contribution in [2.24, 2.45) is 0 Å². The average Bonchev–Trinajstić information content (AvgIpc) is 2.75. The molecule has 0 saturated carbocycles. The van der Waals surface area contributed by atoms with Crippen molar-refractivity contribution in [2.75, 3.05) is 12.4 Å². The minimum atomic E-state index is -0.425. The molecule has 0 saturated heterocycles. The highest BCUT2D eigenvalue weighted by molar-refractivity contribution is 9.13. The highest BCUT2D eigenvalue weighted by atomic mass is 79.9. The third-order valence-corrected chi connectivity index (χ3v) is 5.81. The largest absolute Gasteiger partial charge is 0.496 e. The van der Waals surface area contributed by atoms with Gasteiger partial charge in [0, 0.05) is 15.9 Å². The molecule has 0 aliphatic carbocycles. The molecule has 0 amide bonds. The smallest absolute Gasteiger partial charge is 0.296 e. The molecule has 2 aromatic rings. The number of nitro groups is 1. The Morgan fingerprint density at radius 3 is 2.70 bits per heavy atom. The standard InChI is InChI=1S/C12H10Br2N2O3S/c1-19-7-2-3-10(11(4-7)16(17)18)15-6-8-5-9(13)12(14)20-8/h2-5,15H,6H2,1H3. The lowest BCUT2D eigenvalue weighted by atomic mass is 10.2. The van der Waals surface area contributed by atoms with E-state index in [0.29, 0.717) is 18.0 Å². The Hall–Kier alpha value is -1.12. The van der Waals surface area contributed by atoms with Gasteiger partial charge >= 0.3 is 0 Å². The number of methoxy groups -OCH3 is 1. The summed E-state index contributed by atoms with van der Waals surface area (Å²) in [4.78, 5) is 11.7. The number of hydrogen-bond acceptors (Lipinski definition) is 5. The van der Waals surface area contributed by atoms with Crippen molar-refractivity contribution < 1.29 is 9.66 Å². The first-order valence-corrected chi connectivity index (χ1v) is 7.91. The highest BCUT2D eigenvalue weighted by Crippen LogP contribution is 2.34. The number of hydrogen-bond donors (Lipinski definition) is 1. The van der Waals surface area contributed by atoms with Crippen LogP contribution < -0.4 is 10.1 Å². The van der Waals surface area contributed by atoms with E-state index in [0.717, 1.165) is 13.1 Å². The molecule has 0 unspecified atom stereocenters. The predicted octanol–water partition coefficient (Wildman–Crippen LogP) is 4.80. The van der Waals surface area contributed by atoms with Crippen LogP contribution in [-0.4, -0.2) is 12.0 Å². The monoisotopic (exact) mass is 420 g/mol. The van der Waals surface area contributed by atoms with Gasteiger partial charge in [0.25, 0.3) is 5.69 Å². The number of nitrogens with one attached hydrogen (secondary N) is 1. The van der Waals surface area contributed by atoms with E-state index in [2.05, 4.69) is 37.2 Å². The van der Waals surface area contributed by atoms with Crippen molar-refractivity contribution in [2.45, 2.75) is 6.54 Å². The fourth-order valence-corrected chi connectivity index (χ4v) is 3.72. The molecule has 0 aliphatic rings. The Labute approximate surface area is 136 Å². The second kappa shape index (κ2) is 6.55. The first-order chi connectivity index (χ1) is 9.51. The summed E-state index contributed by atoms with van der Waals surface area (Å²) in [5.74, 6) is 0.462. The molecule has 0 spiro atoms. The minimum absolute atomic E-state index is 0.000891. The molecule has 106 valence electrons. The summed E-state index contributed by atoms with van der Waals surface area (Å²) in [7, 11) is 1.48. The van der Waals surface area contributed by atoms with E-state index in [1.807, 2.05) is 6.07 Å². The number of halogens is 2. The molecule has 0 radical (unpaired) electrons. The summed E-state index contributed by atoms with van der Waals surface area (Å²) in [6.45, 7) is 0.516. The second-order valence-corrected chi connectivity index (χ2v) is 7.14. The van der Waals surface area contributed by atoms with Crippen molar-refractivity contribution in [3.8, 4) is 5.75 Å². The van der Waals surface area contributed by atoms with E-state index < -0.39 is 4.92 Å². The quantitative estimate of drug-likeness (QED) is 0.556. The molecule has 0 bridgehead atoms. The maximum absolute atomic E-state index is 11.1. The van der Waals surface area contributed by atoms with Crippen molar-refractivity contribution in [1.29, 1.82) is 0 Å². The van der Waals surface area contributed by atoms with Crippen LogP contribution in [0.4, 0.5) is 11.4 Å². The lowest BCUT2D eigenvalue weighted by Gasteiger charge is -2.07. The van der Waals surface area contributed by atoms with Gasteiger partial charge in [-0.25, -0.2) is 0 Å². The molecule has 0 fully saturated rings. The van der Waals surface area contributed by atoms with Gasteiger partial charge in [0.05, 0.1) is 21.9 Å². The SMILES string of the molecule is COc1ccc(NCc2cc(Br)c(Br)s2)c([N+](=O)[O-])c1. The second-order valence-electron chi connectivity index (χ2n) is 3.83. The van der Waals surface area contributed by atoms with Crippen LogP contribution in [0.15, 0.2) is 32.5 Å². The van der Waals surface area contributed by atoms with Crippen LogP contribution in [0.25, 0.3) is 0 Å². The van der Waals surface area contributed by atoms with Crippen LogP contribution in [-0.2, 0) is 6.54 Å². The summed E-state index contributed by atoms with van der Waals surface area (Å²) in [5.41, 5.74) is 0.468. The minimum Gasteiger partial charge on any atom is -0.496 e. The molecule has 20 heavy (non-hydrogen) atoms. The number of nitro benzene ring substituents is 1. The predicted molar refractivity (Wildman–Crippen MR) is 86.7 cm³/mol. The van der Waals surface area contributed by atoms with E-state index in [1.165, 1.54) is 13.2 Å². The molecule has 0 atom stereocenters. The van der Waals surface area contributed by atoms with Gasteiger partial charge in [-0.1, -0.05) is 0 Å². The maximum Gasteiger partial charge on any atom is 0.296 e. The van der Waals surface area contributed by atoms with E-state index in [1.54, 1.807) is 23.5 Å². The van der Waals surface area contributed by atoms with Gasteiger partial charge < -0.3 is 10.1 Å². The molecule has 5 nitrogen and oxygen atoms in total. The van der Waals surface area contributed by atoms with E-state index in [9.17, 15) is 10.1 Å². The Morgan fingerprint density at radius 1 is 1.40 bits per heavy atom. The van der Waals surface area contributed by atoms with E-state index in [-0.39, 0.29) is 5.69 Å². The molecular weight excluding hydrogens is 412 g/mol. The number of ether oxygens (including phenoxy) is 1. The summed E-state index contributed by atoms with van der Waals surface area (Å²) in [6, 6.07) is 6.71. The molecule has 1 N–H and O–H groups in total. The van der Waals surface area contributed by atoms with Crippen LogP contribution in [0.3, 0.4) is 0 Å². The van der Waals surface area contributed by atoms with Crippen molar-refractivity contribution in [3.63, 3.8) is 0 Å². The summed E-state index contributed by atoms with van der Waals surface area (Å²) in [5, 5.41) is 14.1. The van der Waals surface area contributed by atoms with Gasteiger partial charge in [-0.15, -0.1) is 11.3 Å². The third-order valence-electron chi connectivity index (χ3n) is 2.55. The van der Waals surface area contributed by atoms with Gasteiger partial charge in [0.15, 0.2) is 0 Å². The fourth-order valence-electron chi connectivity index (χ4n) is 1.60. The Morgan fingerprint density at radius 2 is 2.15 bits per heavy atom. The first kappa shape index (κ1) is 15.3. The average molecular weight is 422 g/mol. The van der Waals surface area contributed by atoms with Crippen LogP contribution in [0.2, 0.25) is 0 Å². The first-order valence-electron chi connectivity index (χ1n) is 5.51. The zero-order valence-corrected chi connectivity index (χ0v) is 14.3. The van der Waals surface area contributed by atoms with Gasteiger partial charge in [0.2, 0.25) is 0 Å². The van der Waals surface area contributed by atoms with Crippen LogP contribution in [0.5, 0.6) is 5.75 Å². The zero-order valence-electron chi connectivity index (χ0n) is 10.4. The zero-order chi connectivity index (χ0) is 14.7. The fraction of sp³-hybridized carbons (Fsp3) is 0.167. The molecule has 1 aromatic carbocycles. The number of thiophene rings is 1. The van der Waals surface area contributed by atoms with Crippen molar-refractivity contribution in [1.82, 2.24) is 0 Å². The Balaban J connectivity index is 2.18. The van der Waals surface area contributed by atoms with Crippen LogP contribution >= 0.6 is 43.2 Å². The highest BCUT2D eigenvalue weighted by Gasteiger charge is 2.15. The molecule has 0 aliphatic heterocycles. The van der Waals surface area contributed by atoms with Crippen LogP contribution in [0, 0.1) is 10.1 Å². The molecular formula is C12H10Br2N2O3S.